The van der Waals surface area contributed by atoms with Crippen molar-refractivity contribution in [1.82, 2.24) is 0 Å². The van der Waals surface area contributed by atoms with E-state index in [1.807, 2.05) is 12.1 Å². The SMILES string of the molecule is Cc1c(C)c(C)c(-c2cccc3c2CCC3=O)c(C)c1C. The molecule has 1 aliphatic rings. The highest BCUT2D eigenvalue weighted by atomic mass is 16.1. The Bertz CT molecular complexity index is 737. The van der Waals surface area contributed by atoms with Gasteiger partial charge in [0.1, 0.15) is 0 Å². The summed E-state index contributed by atoms with van der Waals surface area (Å²) in [4.78, 5) is 12.0. The second-order valence-corrected chi connectivity index (χ2v) is 6.25. The normalized spacial score (nSPS) is 13.7. The number of hydrogen-bond acceptors (Lipinski definition) is 1. The quantitative estimate of drug-likeness (QED) is 0.715. The van der Waals surface area contributed by atoms with E-state index in [1.165, 1.54) is 44.5 Å². The van der Waals surface area contributed by atoms with Crippen LogP contribution in [0, 0.1) is 34.6 Å². The zero-order valence-corrected chi connectivity index (χ0v) is 13.6. The minimum atomic E-state index is 0.294. The van der Waals surface area contributed by atoms with Gasteiger partial charge in [0.15, 0.2) is 5.78 Å². The molecule has 21 heavy (non-hydrogen) atoms. The van der Waals surface area contributed by atoms with Crippen LogP contribution >= 0.6 is 0 Å². The van der Waals surface area contributed by atoms with Gasteiger partial charge in [-0.15, -0.1) is 0 Å². The fourth-order valence-electron chi connectivity index (χ4n) is 3.63. The zero-order valence-electron chi connectivity index (χ0n) is 13.6. The number of Topliss-reactive ketones (excluding diaryl/α,β-unsaturated/α-hetero) is 1. The predicted molar refractivity (Wildman–Crippen MR) is 88.2 cm³/mol. The minimum Gasteiger partial charge on any atom is -0.294 e. The molecule has 0 saturated carbocycles. The van der Waals surface area contributed by atoms with E-state index >= 15 is 0 Å². The largest absolute Gasteiger partial charge is 0.294 e. The third-order valence-corrected chi connectivity index (χ3v) is 5.35. The lowest BCUT2D eigenvalue weighted by Crippen LogP contribution is -2.01. The molecule has 0 atom stereocenters. The fourth-order valence-corrected chi connectivity index (χ4v) is 3.63. The van der Waals surface area contributed by atoms with Crippen molar-refractivity contribution in [3.05, 3.63) is 57.1 Å². The summed E-state index contributed by atoms with van der Waals surface area (Å²) in [5.74, 6) is 0.294. The van der Waals surface area contributed by atoms with Crippen LogP contribution < -0.4 is 0 Å². The van der Waals surface area contributed by atoms with Crippen LogP contribution in [0.2, 0.25) is 0 Å². The summed E-state index contributed by atoms with van der Waals surface area (Å²) in [5.41, 5.74) is 11.6. The summed E-state index contributed by atoms with van der Waals surface area (Å²) in [6.07, 6.45) is 1.55. The van der Waals surface area contributed by atoms with Crippen molar-refractivity contribution in [2.24, 2.45) is 0 Å². The van der Waals surface area contributed by atoms with E-state index in [2.05, 4.69) is 40.7 Å². The lowest BCUT2D eigenvalue weighted by Gasteiger charge is -2.20. The van der Waals surface area contributed by atoms with Crippen molar-refractivity contribution < 1.29 is 4.79 Å². The first-order valence-corrected chi connectivity index (χ1v) is 7.66. The van der Waals surface area contributed by atoms with E-state index in [4.69, 9.17) is 0 Å². The van der Waals surface area contributed by atoms with Gasteiger partial charge in [0, 0.05) is 12.0 Å². The summed E-state index contributed by atoms with van der Waals surface area (Å²) in [6, 6.07) is 6.19. The molecule has 1 heteroatoms. The fraction of sp³-hybridized carbons (Fsp3) is 0.350. The molecule has 108 valence electrons. The molecule has 0 aliphatic heterocycles. The maximum absolute atomic E-state index is 12.0. The lowest BCUT2D eigenvalue weighted by atomic mass is 9.84. The van der Waals surface area contributed by atoms with E-state index in [-0.39, 0.29) is 0 Å². The van der Waals surface area contributed by atoms with Gasteiger partial charge < -0.3 is 0 Å². The van der Waals surface area contributed by atoms with Crippen LogP contribution in [-0.2, 0) is 6.42 Å². The number of fused-ring (bicyclic) bond motifs is 1. The molecule has 0 aromatic heterocycles. The van der Waals surface area contributed by atoms with Gasteiger partial charge in [-0.05, 0) is 85.5 Å². The molecule has 1 nitrogen and oxygen atoms in total. The Labute approximate surface area is 127 Å². The Hall–Kier alpha value is -1.89. The monoisotopic (exact) mass is 278 g/mol. The molecular weight excluding hydrogens is 256 g/mol. The Morgan fingerprint density at radius 1 is 0.714 bits per heavy atom. The molecule has 0 heterocycles. The molecule has 0 bridgehead atoms. The van der Waals surface area contributed by atoms with Crippen molar-refractivity contribution in [3.63, 3.8) is 0 Å². The molecule has 2 aromatic rings. The lowest BCUT2D eigenvalue weighted by molar-refractivity contribution is 0.0994. The molecule has 0 unspecified atom stereocenters. The number of carbonyl (C=O) groups excluding carboxylic acids is 1. The van der Waals surface area contributed by atoms with Gasteiger partial charge in [-0.3, -0.25) is 4.79 Å². The van der Waals surface area contributed by atoms with E-state index in [0.29, 0.717) is 12.2 Å². The first-order chi connectivity index (χ1) is 9.93. The van der Waals surface area contributed by atoms with Gasteiger partial charge in [0.25, 0.3) is 0 Å². The zero-order chi connectivity index (χ0) is 15.3. The van der Waals surface area contributed by atoms with Gasteiger partial charge in [0.2, 0.25) is 0 Å². The van der Waals surface area contributed by atoms with E-state index in [1.54, 1.807) is 0 Å². The first-order valence-electron chi connectivity index (χ1n) is 7.66. The van der Waals surface area contributed by atoms with E-state index in [0.717, 1.165) is 12.0 Å². The molecular formula is C20H22O. The van der Waals surface area contributed by atoms with Crippen molar-refractivity contribution in [2.45, 2.75) is 47.5 Å². The number of benzene rings is 2. The third kappa shape index (κ3) is 1.95. The Morgan fingerprint density at radius 2 is 1.24 bits per heavy atom. The Morgan fingerprint density at radius 3 is 1.86 bits per heavy atom. The second kappa shape index (κ2) is 4.84. The molecule has 0 spiro atoms. The molecule has 0 fully saturated rings. The summed E-state index contributed by atoms with van der Waals surface area (Å²) >= 11 is 0. The standard InChI is InChI=1S/C20H22O/c1-11-12(2)14(4)20(15(5)13(11)3)18-8-6-7-17-16(18)9-10-19(17)21/h6-8H,9-10H2,1-5H3. The van der Waals surface area contributed by atoms with Crippen molar-refractivity contribution in [3.8, 4) is 11.1 Å². The average molecular weight is 278 g/mol. The summed E-state index contributed by atoms with van der Waals surface area (Å²) < 4.78 is 0. The van der Waals surface area contributed by atoms with Crippen LogP contribution in [-0.4, -0.2) is 5.78 Å². The van der Waals surface area contributed by atoms with Crippen LogP contribution in [0.1, 0.15) is 50.2 Å². The van der Waals surface area contributed by atoms with Crippen molar-refractivity contribution >= 4 is 5.78 Å². The Kier molecular flexibility index (Phi) is 3.24. The maximum Gasteiger partial charge on any atom is 0.163 e. The van der Waals surface area contributed by atoms with Crippen LogP contribution in [0.15, 0.2) is 18.2 Å². The molecule has 0 N–H and O–H groups in total. The highest BCUT2D eigenvalue weighted by Crippen LogP contribution is 2.39. The van der Waals surface area contributed by atoms with Gasteiger partial charge in [-0.1, -0.05) is 18.2 Å². The highest BCUT2D eigenvalue weighted by Gasteiger charge is 2.24. The summed E-state index contributed by atoms with van der Waals surface area (Å²) in [5, 5.41) is 0. The van der Waals surface area contributed by atoms with Crippen molar-refractivity contribution in [1.29, 1.82) is 0 Å². The number of carbonyl (C=O) groups is 1. The first kappa shape index (κ1) is 14.1. The topological polar surface area (TPSA) is 17.1 Å². The summed E-state index contributed by atoms with van der Waals surface area (Å²) in [7, 11) is 0. The average Bonchev–Trinajstić information content (AvgIpc) is 2.86. The van der Waals surface area contributed by atoms with Crippen LogP contribution in [0.25, 0.3) is 11.1 Å². The highest BCUT2D eigenvalue weighted by molar-refractivity contribution is 6.02. The molecule has 0 radical (unpaired) electrons. The molecule has 0 amide bonds. The minimum absolute atomic E-state index is 0.294. The summed E-state index contributed by atoms with van der Waals surface area (Å²) in [6.45, 7) is 11.0. The molecule has 3 rings (SSSR count). The number of rotatable bonds is 1. The van der Waals surface area contributed by atoms with E-state index in [9.17, 15) is 4.79 Å². The Balaban J connectivity index is 2.36. The third-order valence-electron chi connectivity index (χ3n) is 5.35. The number of ketones is 1. The van der Waals surface area contributed by atoms with Gasteiger partial charge in [-0.2, -0.15) is 0 Å². The van der Waals surface area contributed by atoms with Crippen LogP contribution in [0.5, 0.6) is 0 Å². The van der Waals surface area contributed by atoms with Gasteiger partial charge in [-0.25, -0.2) is 0 Å². The predicted octanol–water partition coefficient (Wildman–Crippen LogP) is 5.02. The van der Waals surface area contributed by atoms with Gasteiger partial charge >= 0.3 is 0 Å². The number of hydrogen-bond donors (Lipinski definition) is 0. The van der Waals surface area contributed by atoms with Gasteiger partial charge in [0.05, 0.1) is 0 Å². The molecule has 1 aliphatic carbocycles. The smallest absolute Gasteiger partial charge is 0.163 e. The van der Waals surface area contributed by atoms with Crippen LogP contribution in [0.4, 0.5) is 0 Å². The second-order valence-electron chi connectivity index (χ2n) is 6.25. The molecule has 2 aromatic carbocycles. The maximum atomic E-state index is 12.0. The molecule has 0 saturated heterocycles. The van der Waals surface area contributed by atoms with Crippen molar-refractivity contribution in [2.75, 3.05) is 0 Å². The van der Waals surface area contributed by atoms with Crippen LogP contribution in [0.3, 0.4) is 0 Å². The van der Waals surface area contributed by atoms with E-state index < -0.39 is 0 Å².